The number of nitrogens with zero attached hydrogens (tertiary/aromatic N) is 2. The molecule has 0 aliphatic carbocycles. The second-order valence-electron chi connectivity index (χ2n) is 3.62. The Balaban J connectivity index is 2.18. The van der Waals surface area contributed by atoms with E-state index in [2.05, 4.69) is 20.5 Å². The van der Waals surface area contributed by atoms with Crippen molar-refractivity contribution in [2.75, 3.05) is 5.43 Å². The molecule has 18 heavy (non-hydrogen) atoms. The molecule has 0 atom stereocenters. The monoisotopic (exact) mass is 244 g/mol. The molecule has 3 N–H and O–H groups in total. The summed E-state index contributed by atoms with van der Waals surface area (Å²) < 4.78 is 0. The van der Waals surface area contributed by atoms with E-state index in [1.54, 1.807) is 6.92 Å². The molecule has 2 rings (SSSR count). The molecule has 0 unspecified atom stereocenters. The number of H-pyrrole nitrogens is 1. The Hall–Kier alpha value is -2.63. The molecule has 0 bridgehead atoms. The molecular weight excluding hydrogens is 232 g/mol. The zero-order chi connectivity index (χ0) is 13.0. The van der Waals surface area contributed by atoms with Gasteiger partial charge in [-0.2, -0.15) is 5.10 Å². The third-order valence-corrected chi connectivity index (χ3v) is 2.21. The van der Waals surface area contributed by atoms with Crippen molar-refractivity contribution in [3.8, 4) is 5.88 Å². The van der Waals surface area contributed by atoms with Crippen molar-refractivity contribution in [3.63, 3.8) is 0 Å². The highest BCUT2D eigenvalue weighted by Gasteiger charge is 2.05. The van der Waals surface area contributed by atoms with E-state index in [1.165, 1.54) is 6.21 Å². The lowest BCUT2D eigenvalue weighted by molar-refractivity contribution is 0.448. The van der Waals surface area contributed by atoms with Crippen LogP contribution in [-0.2, 0) is 0 Å². The van der Waals surface area contributed by atoms with E-state index < -0.39 is 5.56 Å². The molecule has 1 aromatic heterocycles. The molecule has 6 heteroatoms. The number of anilines is 1. The third kappa shape index (κ3) is 2.73. The Bertz CT molecular complexity index is 620. The number of aromatic nitrogens is 2. The summed E-state index contributed by atoms with van der Waals surface area (Å²) in [7, 11) is 0. The fourth-order valence-corrected chi connectivity index (χ4v) is 1.38. The summed E-state index contributed by atoms with van der Waals surface area (Å²) in [5.41, 5.74) is 3.11. The van der Waals surface area contributed by atoms with Gasteiger partial charge in [0, 0.05) is 0 Å². The lowest BCUT2D eigenvalue weighted by atomic mass is 10.3. The number of hydrogen-bond acceptors (Lipinski definition) is 5. The van der Waals surface area contributed by atoms with Crippen molar-refractivity contribution in [2.45, 2.75) is 6.92 Å². The summed E-state index contributed by atoms with van der Waals surface area (Å²) in [6, 6.07) is 9.25. The Kier molecular flexibility index (Phi) is 3.38. The van der Waals surface area contributed by atoms with Gasteiger partial charge >= 0.3 is 0 Å². The van der Waals surface area contributed by atoms with E-state index in [1.807, 2.05) is 30.3 Å². The van der Waals surface area contributed by atoms with Crippen LogP contribution in [0.3, 0.4) is 0 Å². The first-order chi connectivity index (χ1) is 8.66. The highest BCUT2D eigenvalue weighted by molar-refractivity contribution is 5.82. The Morgan fingerprint density at radius 2 is 2.11 bits per heavy atom. The average Bonchev–Trinajstić information content (AvgIpc) is 2.34. The molecule has 0 radical (unpaired) electrons. The number of hydrogen-bond donors (Lipinski definition) is 3. The molecule has 6 nitrogen and oxygen atoms in total. The number of nitrogens with one attached hydrogen (secondary N) is 2. The molecular formula is C12H12N4O2. The summed E-state index contributed by atoms with van der Waals surface area (Å²) >= 11 is 0. The quantitative estimate of drug-likeness (QED) is 0.559. The molecule has 1 heterocycles. The van der Waals surface area contributed by atoms with Crippen molar-refractivity contribution >= 4 is 11.9 Å². The van der Waals surface area contributed by atoms with E-state index in [4.69, 9.17) is 0 Å². The van der Waals surface area contributed by atoms with Gasteiger partial charge in [0.25, 0.3) is 5.56 Å². The van der Waals surface area contributed by atoms with E-state index in [0.717, 1.165) is 5.69 Å². The average molecular weight is 244 g/mol. The maximum atomic E-state index is 11.5. The molecule has 92 valence electrons. The maximum Gasteiger partial charge on any atom is 0.263 e. The summed E-state index contributed by atoms with van der Waals surface area (Å²) in [6.45, 7) is 1.59. The second kappa shape index (κ2) is 5.13. The zero-order valence-corrected chi connectivity index (χ0v) is 9.71. The number of aryl methyl sites for hydroxylation is 1. The maximum absolute atomic E-state index is 11.5. The minimum absolute atomic E-state index is 0.0176. The van der Waals surface area contributed by atoms with Gasteiger partial charge in [-0.15, -0.1) is 0 Å². The van der Waals surface area contributed by atoms with Crippen LogP contribution in [0.4, 0.5) is 5.69 Å². The Morgan fingerprint density at radius 3 is 2.78 bits per heavy atom. The molecule has 0 amide bonds. The Labute approximate surface area is 103 Å². The molecule has 0 saturated heterocycles. The van der Waals surface area contributed by atoms with Crippen LogP contribution in [0.25, 0.3) is 0 Å². The first-order valence-corrected chi connectivity index (χ1v) is 5.31. The van der Waals surface area contributed by atoms with Crippen LogP contribution in [0.15, 0.2) is 40.2 Å². The van der Waals surface area contributed by atoms with Gasteiger partial charge in [-0.3, -0.25) is 10.2 Å². The van der Waals surface area contributed by atoms with Crippen molar-refractivity contribution in [2.24, 2.45) is 5.10 Å². The third-order valence-electron chi connectivity index (χ3n) is 2.21. The predicted molar refractivity (Wildman–Crippen MR) is 68.9 cm³/mol. The van der Waals surface area contributed by atoms with Gasteiger partial charge in [0.05, 0.1) is 11.9 Å². The number of para-hydroxylation sites is 1. The van der Waals surface area contributed by atoms with Gasteiger partial charge in [0.1, 0.15) is 11.4 Å². The van der Waals surface area contributed by atoms with E-state index in [-0.39, 0.29) is 11.4 Å². The first-order valence-electron chi connectivity index (χ1n) is 5.31. The van der Waals surface area contributed by atoms with Crippen LogP contribution >= 0.6 is 0 Å². The van der Waals surface area contributed by atoms with Crippen LogP contribution in [0, 0.1) is 6.92 Å². The summed E-state index contributed by atoms with van der Waals surface area (Å²) in [6.07, 6.45) is 1.23. The van der Waals surface area contributed by atoms with Gasteiger partial charge < -0.3 is 10.1 Å². The largest absolute Gasteiger partial charge is 0.493 e. The topological polar surface area (TPSA) is 90.4 Å². The van der Waals surface area contributed by atoms with Gasteiger partial charge in [-0.25, -0.2) is 4.98 Å². The predicted octanol–water partition coefficient (Wildman–Crippen LogP) is 1.23. The zero-order valence-electron chi connectivity index (χ0n) is 9.71. The fraction of sp³-hybridized carbons (Fsp3) is 0.0833. The van der Waals surface area contributed by atoms with Crippen LogP contribution in [0.5, 0.6) is 5.88 Å². The number of aromatic amines is 1. The molecule has 0 fully saturated rings. The minimum atomic E-state index is -0.432. The Morgan fingerprint density at radius 1 is 1.39 bits per heavy atom. The molecule has 0 spiro atoms. The van der Waals surface area contributed by atoms with Crippen molar-refractivity contribution in [3.05, 3.63) is 52.1 Å². The number of aromatic hydroxyl groups is 1. The van der Waals surface area contributed by atoms with Crippen LogP contribution in [0.2, 0.25) is 0 Å². The van der Waals surface area contributed by atoms with E-state index in [0.29, 0.717) is 5.82 Å². The van der Waals surface area contributed by atoms with E-state index in [9.17, 15) is 9.90 Å². The van der Waals surface area contributed by atoms with Gasteiger partial charge in [-0.05, 0) is 19.1 Å². The summed E-state index contributed by atoms with van der Waals surface area (Å²) in [5, 5.41) is 13.4. The molecule has 2 aromatic rings. The molecule has 0 aliphatic rings. The highest BCUT2D eigenvalue weighted by Crippen LogP contribution is 2.07. The van der Waals surface area contributed by atoms with Gasteiger partial charge in [0.15, 0.2) is 0 Å². The number of benzene rings is 1. The molecule has 0 saturated carbocycles. The van der Waals surface area contributed by atoms with Crippen LogP contribution in [0.1, 0.15) is 11.4 Å². The smallest absolute Gasteiger partial charge is 0.263 e. The van der Waals surface area contributed by atoms with E-state index >= 15 is 0 Å². The van der Waals surface area contributed by atoms with Gasteiger partial charge in [-0.1, -0.05) is 18.2 Å². The molecule has 1 aromatic carbocycles. The van der Waals surface area contributed by atoms with Crippen LogP contribution < -0.4 is 11.0 Å². The lowest BCUT2D eigenvalue weighted by Crippen LogP contribution is -2.15. The number of rotatable bonds is 3. The normalized spacial score (nSPS) is 10.7. The van der Waals surface area contributed by atoms with Crippen molar-refractivity contribution < 1.29 is 5.11 Å². The SMILES string of the molecule is Cc1nc(O)c(/C=N/Nc2ccccc2)c(=O)[nH]1. The van der Waals surface area contributed by atoms with Crippen molar-refractivity contribution in [1.82, 2.24) is 9.97 Å². The minimum Gasteiger partial charge on any atom is -0.493 e. The lowest BCUT2D eigenvalue weighted by Gasteiger charge is -2.00. The van der Waals surface area contributed by atoms with Crippen LogP contribution in [-0.4, -0.2) is 21.3 Å². The standard InChI is InChI=1S/C12H12N4O2/c1-8-14-11(17)10(12(18)15-8)7-13-16-9-5-3-2-4-6-9/h2-7,16H,1H3,(H2,14,15,17,18)/b13-7+. The van der Waals surface area contributed by atoms with Crippen molar-refractivity contribution in [1.29, 1.82) is 0 Å². The summed E-state index contributed by atoms with van der Waals surface area (Å²) in [5.74, 6) is 0.0144. The second-order valence-corrected chi connectivity index (χ2v) is 3.62. The fourth-order valence-electron chi connectivity index (χ4n) is 1.38. The van der Waals surface area contributed by atoms with Gasteiger partial charge in [0.2, 0.25) is 5.88 Å². The number of hydrazone groups is 1. The molecule has 0 aliphatic heterocycles. The first kappa shape index (κ1) is 11.8. The highest BCUT2D eigenvalue weighted by atomic mass is 16.3. The summed E-state index contributed by atoms with van der Waals surface area (Å²) in [4.78, 5) is 17.8.